The van der Waals surface area contributed by atoms with E-state index in [0.717, 1.165) is 25.1 Å². The molecule has 6 heteroatoms. The van der Waals surface area contributed by atoms with Crippen molar-refractivity contribution in [3.8, 4) is 0 Å². The number of benzene rings is 1. The van der Waals surface area contributed by atoms with Crippen molar-refractivity contribution in [1.82, 2.24) is 10.3 Å². The summed E-state index contributed by atoms with van der Waals surface area (Å²) in [4.78, 5) is 16.2. The number of rotatable bonds is 4. The van der Waals surface area contributed by atoms with Gasteiger partial charge in [-0.3, -0.25) is 5.32 Å². The van der Waals surface area contributed by atoms with Crippen LogP contribution in [-0.2, 0) is 4.74 Å². The summed E-state index contributed by atoms with van der Waals surface area (Å²) in [6, 6.07) is 10.0. The van der Waals surface area contributed by atoms with Crippen molar-refractivity contribution in [2.75, 3.05) is 18.5 Å². The molecule has 1 saturated heterocycles. The lowest BCUT2D eigenvalue weighted by molar-refractivity contribution is -0.0268. The maximum atomic E-state index is 12.0. The van der Waals surface area contributed by atoms with Crippen LogP contribution in [0.25, 0.3) is 0 Å². The number of thiazole rings is 1. The van der Waals surface area contributed by atoms with E-state index in [0.29, 0.717) is 11.7 Å². The molecule has 23 heavy (non-hydrogen) atoms. The van der Waals surface area contributed by atoms with Crippen LogP contribution in [0.5, 0.6) is 0 Å². The number of hydrogen-bond acceptors (Lipinski definition) is 4. The number of carbonyl (C=O) groups is 1. The van der Waals surface area contributed by atoms with Gasteiger partial charge in [-0.25, -0.2) is 9.78 Å². The number of nitrogens with one attached hydrogen (secondary N) is 2. The SMILES string of the molecule is Cc1csc(NC(=O)NC[C@H]2CCCO[C@@H]2c2ccccc2)n1. The van der Waals surface area contributed by atoms with E-state index in [-0.39, 0.29) is 18.1 Å². The zero-order chi connectivity index (χ0) is 16.1. The van der Waals surface area contributed by atoms with Crippen molar-refractivity contribution >= 4 is 22.5 Å². The van der Waals surface area contributed by atoms with Crippen molar-refractivity contribution in [3.63, 3.8) is 0 Å². The monoisotopic (exact) mass is 331 g/mol. The van der Waals surface area contributed by atoms with Gasteiger partial charge in [-0.15, -0.1) is 11.3 Å². The van der Waals surface area contributed by atoms with Gasteiger partial charge in [0.2, 0.25) is 0 Å². The zero-order valence-corrected chi connectivity index (χ0v) is 13.9. The van der Waals surface area contributed by atoms with Gasteiger partial charge in [0.25, 0.3) is 0 Å². The van der Waals surface area contributed by atoms with Crippen LogP contribution < -0.4 is 10.6 Å². The van der Waals surface area contributed by atoms with Gasteiger partial charge in [-0.1, -0.05) is 30.3 Å². The Morgan fingerprint density at radius 3 is 2.96 bits per heavy atom. The van der Waals surface area contributed by atoms with E-state index in [1.807, 2.05) is 30.5 Å². The topological polar surface area (TPSA) is 63.2 Å². The van der Waals surface area contributed by atoms with Gasteiger partial charge in [-0.2, -0.15) is 0 Å². The lowest BCUT2D eigenvalue weighted by Gasteiger charge is -2.32. The predicted molar refractivity (Wildman–Crippen MR) is 91.7 cm³/mol. The third-order valence-electron chi connectivity index (χ3n) is 3.94. The van der Waals surface area contributed by atoms with Crippen molar-refractivity contribution in [2.24, 2.45) is 5.92 Å². The van der Waals surface area contributed by atoms with E-state index < -0.39 is 0 Å². The smallest absolute Gasteiger partial charge is 0.321 e. The molecule has 1 aromatic heterocycles. The van der Waals surface area contributed by atoms with Crippen molar-refractivity contribution in [2.45, 2.75) is 25.9 Å². The molecule has 2 N–H and O–H groups in total. The molecular weight excluding hydrogens is 310 g/mol. The largest absolute Gasteiger partial charge is 0.373 e. The van der Waals surface area contributed by atoms with Crippen LogP contribution in [0.2, 0.25) is 0 Å². The van der Waals surface area contributed by atoms with Gasteiger partial charge in [0, 0.05) is 24.4 Å². The van der Waals surface area contributed by atoms with Gasteiger partial charge < -0.3 is 10.1 Å². The summed E-state index contributed by atoms with van der Waals surface area (Å²) in [6.45, 7) is 3.28. The molecule has 0 aliphatic carbocycles. The molecular formula is C17H21N3O2S. The summed E-state index contributed by atoms with van der Waals surface area (Å²) in [5.74, 6) is 0.287. The summed E-state index contributed by atoms with van der Waals surface area (Å²) < 4.78 is 5.95. The van der Waals surface area contributed by atoms with Crippen LogP contribution in [-0.4, -0.2) is 24.2 Å². The lowest BCUT2D eigenvalue weighted by Crippen LogP contribution is -2.37. The molecule has 1 aliphatic rings. The second-order valence-electron chi connectivity index (χ2n) is 5.73. The Hall–Kier alpha value is -1.92. The molecule has 1 aromatic carbocycles. The highest BCUT2D eigenvalue weighted by Crippen LogP contribution is 2.33. The Balaban J connectivity index is 1.56. The fraction of sp³-hybridized carbons (Fsp3) is 0.412. The standard InChI is InChI=1S/C17H21N3O2S/c1-12-11-23-17(19-12)20-16(21)18-10-14-8-5-9-22-15(14)13-6-3-2-4-7-13/h2-4,6-7,11,14-15H,5,8-10H2,1H3,(H2,18,19,20,21)/t14-,15-/m1/s1. The maximum Gasteiger partial charge on any atom is 0.321 e. The van der Waals surface area contributed by atoms with E-state index in [9.17, 15) is 4.79 Å². The fourth-order valence-corrected chi connectivity index (χ4v) is 3.52. The molecule has 3 rings (SSSR count). The number of amides is 2. The second-order valence-corrected chi connectivity index (χ2v) is 6.59. The second kappa shape index (κ2) is 7.57. The Labute approximate surface area is 140 Å². The van der Waals surface area contributed by atoms with Crippen LogP contribution in [0.15, 0.2) is 35.7 Å². The maximum absolute atomic E-state index is 12.0. The molecule has 0 unspecified atom stereocenters. The van der Waals surface area contributed by atoms with E-state index in [1.54, 1.807) is 0 Å². The molecule has 2 atom stereocenters. The summed E-state index contributed by atoms with van der Waals surface area (Å²) >= 11 is 1.43. The Morgan fingerprint density at radius 2 is 2.22 bits per heavy atom. The van der Waals surface area contributed by atoms with E-state index in [1.165, 1.54) is 16.9 Å². The fourth-order valence-electron chi connectivity index (χ4n) is 2.84. The summed E-state index contributed by atoms with van der Waals surface area (Å²) in [7, 11) is 0. The van der Waals surface area contributed by atoms with Gasteiger partial charge in [0.15, 0.2) is 5.13 Å². The Morgan fingerprint density at radius 1 is 1.39 bits per heavy atom. The number of anilines is 1. The number of hydrogen-bond donors (Lipinski definition) is 2. The number of ether oxygens (including phenoxy) is 1. The first-order valence-corrected chi connectivity index (χ1v) is 8.74. The van der Waals surface area contributed by atoms with Crippen LogP contribution in [0.4, 0.5) is 9.93 Å². The minimum atomic E-state index is -0.211. The van der Waals surface area contributed by atoms with Gasteiger partial charge in [0.05, 0.1) is 11.8 Å². The highest BCUT2D eigenvalue weighted by molar-refractivity contribution is 7.13. The average molecular weight is 331 g/mol. The Kier molecular flexibility index (Phi) is 5.25. The predicted octanol–water partition coefficient (Wildman–Crippen LogP) is 3.74. The van der Waals surface area contributed by atoms with Crippen molar-refractivity contribution < 1.29 is 9.53 Å². The first kappa shape index (κ1) is 16.0. The molecule has 1 aliphatic heterocycles. The summed E-state index contributed by atoms with van der Waals surface area (Å²) in [5, 5.41) is 8.26. The molecule has 1 fully saturated rings. The van der Waals surface area contributed by atoms with E-state index in [4.69, 9.17) is 4.74 Å². The highest BCUT2D eigenvalue weighted by atomic mass is 32.1. The minimum absolute atomic E-state index is 0.0485. The molecule has 0 spiro atoms. The van der Waals surface area contributed by atoms with Crippen molar-refractivity contribution in [1.29, 1.82) is 0 Å². The normalized spacial score (nSPS) is 20.9. The molecule has 5 nitrogen and oxygen atoms in total. The van der Waals surface area contributed by atoms with Crippen LogP contribution in [0, 0.1) is 12.8 Å². The Bertz CT molecular complexity index is 644. The number of carbonyl (C=O) groups excluding carboxylic acids is 1. The zero-order valence-electron chi connectivity index (χ0n) is 13.1. The van der Waals surface area contributed by atoms with Crippen LogP contribution >= 0.6 is 11.3 Å². The lowest BCUT2D eigenvalue weighted by atomic mass is 9.89. The molecule has 0 bridgehead atoms. The first-order chi connectivity index (χ1) is 11.2. The molecule has 0 radical (unpaired) electrons. The van der Waals surface area contributed by atoms with Crippen LogP contribution in [0.1, 0.15) is 30.2 Å². The van der Waals surface area contributed by atoms with Gasteiger partial charge in [-0.05, 0) is 25.3 Å². The van der Waals surface area contributed by atoms with Crippen LogP contribution in [0.3, 0.4) is 0 Å². The number of aromatic nitrogens is 1. The molecule has 2 heterocycles. The van der Waals surface area contributed by atoms with Gasteiger partial charge >= 0.3 is 6.03 Å². The number of nitrogens with zero attached hydrogens (tertiary/aromatic N) is 1. The van der Waals surface area contributed by atoms with E-state index in [2.05, 4.69) is 27.8 Å². The van der Waals surface area contributed by atoms with Crippen molar-refractivity contribution in [3.05, 3.63) is 47.0 Å². The van der Waals surface area contributed by atoms with Gasteiger partial charge in [0.1, 0.15) is 0 Å². The number of urea groups is 1. The number of aryl methyl sites for hydroxylation is 1. The van der Waals surface area contributed by atoms with E-state index >= 15 is 0 Å². The summed E-state index contributed by atoms with van der Waals surface area (Å²) in [6.07, 6.45) is 2.13. The molecule has 122 valence electrons. The highest BCUT2D eigenvalue weighted by Gasteiger charge is 2.27. The molecule has 0 saturated carbocycles. The quantitative estimate of drug-likeness (QED) is 0.897. The minimum Gasteiger partial charge on any atom is -0.373 e. The third kappa shape index (κ3) is 4.30. The molecule has 2 amide bonds. The third-order valence-corrected chi connectivity index (χ3v) is 4.81. The average Bonchev–Trinajstić information content (AvgIpc) is 2.99. The first-order valence-electron chi connectivity index (χ1n) is 7.86. The summed E-state index contributed by atoms with van der Waals surface area (Å²) in [5.41, 5.74) is 2.09. The molecule has 2 aromatic rings.